The lowest BCUT2D eigenvalue weighted by atomic mass is 10.0. The maximum atomic E-state index is 5.99. The number of methoxy groups -OCH3 is 2. The molecule has 1 aromatic carbocycles. The molecule has 0 heterocycles. The second kappa shape index (κ2) is 34.0. The van der Waals surface area contributed by atoms with Crippen LogP contribution in [0.25, 0.3) is 0 Å². The predicted molar refractivity (Wildman–Crippen MR) is 268 cm³/mol. The average molecular weight is 840 g/mol. The molecule has 4 nitrogen and oxygen atoms in total. The molecule has 0 bridgehead atoms. The Labute approximate surface area is 376 Å². The zero-order valence-electron chi connectivity index (χ0n) is 41.8. The summed E-state index contributed by atoms with van der Waals surface area (Å²) in [6, 6.07) is 2.08. The molecule has 0 amide bonds. The third-order valence-electron chi connectivity index (χ3n) is 11.5. The third-order valence-corrected chi connectivity index (χ3v) is 11.5. The summed E-state index contributed by atoms with van der Waals surface area (Å²) in [7, 11) is 3.29. The molecular formula is C57H90O4. The van der Waals surface area contributed by atoms with Gasteiger partial charge in [0.1, 0.15) is 11.5 Å². The van der Waals surface area contributed by atoms with E-state index in [1.165, 1.54) is 75.8 Å². The Balaban J connectivity index is 2.38. The van der Waals surface area contributed by atoms with E-state index in [1.54, 1.807) is 14.2 Å². The quantitative estimate of drug-likeness (QED) is 0.0535. The van der Waals surface area contributed by atoms with Crippen molar-refractivity contribution in [1.29, 1.82) is 0 Å². The molecule has 1 rings (SSSR count). The van der Waals surface area contributed by atoms with Crippen molar-refractivity contribution in [3.05, 3.63) is 128 Å². The summed E-state index contributed by atoms with van der Waals surface area (Å²) in [6.45, 7) is 27.2. The molecule has 0 radical (unpaired) electrons. The number of allylic oxidation sites excluding steroid dienone is 18. The lowest BCUT2D eigenvalue weighted by molar-refractivity contribution is 0.0470. The van der Waals surface area contributed by atoms with Crippen LogP contribution in [-0.2, 0) is 15.9 Å². The molecule has 342 valence electrons. The molecule has 0 aliphatic rings. The highest BCUT2D eigenvalue weighted by Crippen LogP contribution is 2.34. The van der Waals surface area contributed by atoms with Gasteiger partial charge in [-0.15, -0.1) is 0 Å². The van der Waals surface area contributed by atoms with Gasteiger partial charge in [0.2, 0.25) is 0 Å². The highest BCUT2D eigenvalue weighted by Gasteiger charge is 2.15. The normalized spacial score (nSPS) is 13.9. The molecule has 0 saturated carbocycles. The molecule has 0 unspecified atom stereocenters. The van der Waals surface area contributed by atoms with Crippen LogP contribution in [0, 0.1) is 13.8 Å². The maximum absolute atomic E-state index is 5.99. The van der Waals surface area contributed by atoms with Gasteiger partial charge >= 0.3 is 0 Å². The van der Waals surface area contributed by atoms with Crippen LogP contribution in [0.4, 0.5) is 0 Å². The van der Waals surface area contributed by atoms with Gasteiger partial charge < -0.3 is 18.9 Å². The van der Waals surface area contributed by atoms with E-state index in [1.807, 2.05) is 0 Å². The summed E-state index contributed by atoms with van der Waals surface area (Å²) in [5, 5.41) is 0. The van der Waals surface area contributed by atoms with Gasteiger partial charge in [-0.05, 0) is 209 Å². The zero-order chi connectivity index (χ0) is 45.4. The molecule has 0 saturated heterocycles. The summed E-state index contributed by atoms with van der Waals surface area (Å²) in [5.41, 5.74) is 16.6. The largest absolute Gasteiger partial charge is 0.467 e. The van der Waals surface area contributed by atoms with E-state index in [9.17, 15) is 0 Å². The van der Waals surface area contributed by atoms with E-state index in [-0.39, 0.29) is 13.6 Å². The number of benzene rings is 1. The molecule has 61 heavy (non-hydrogen) atoms. The van der Waals surface area contributed by atoms with Gasteiger partial charge in [0.15, 0.2) is 13.6 Å². The molecular weight excluding hydrogens is 750 g/mol. The van der Waals surface area contributed by atoms with Crippen LogP contribution < -0.4 is 9.47 Å². The molecule has 0 aliphatic carbocycles. The van der Waals surface area contributed by atoms with Gasteiger partial charge in [0.05, 0.1) is 0 Å². The van der Waals surface area contributed by atoms with Crippen LogP contribution in [-0.4, -0.2) is 27.8 Å². The zero-order valence-corrected chi connectivity index (χ0v) is 41.8. The highest BCUT2D eigenvalue weighted by atomic mass is 16.7. The Morgan fingerprint density at radius 1 is 0.393 bits per heavy atom. The molecule has 1 aromatic rings. The van der Waals surface area contributed by atoms with Crippen molar-refractivity contribution < 1.29 is 18.9 Å². The topological polar surface area (TPSA) is 36.9 Å². The van der Waals surface area contributed by atoms with E-state index in [0.717, 1.165) is 112 Å². The Hall–Kier alpha value is -3.60. The summed E-state index contributed by atoms with van der Waals surface area (Å²) >= 11 is 0. The fraction of sp³-hybridized carbons (Fsp3) is 0.579. The number of hydrogen-bond donors (Lipinski definition) is 0. The molecule has 0 N–H and O–H groups in total. The summed E-state index contributed by atoms with van der Waals surface area (Å²) in [5.74, 6) is 1.71. The second-order valence-corrected chi connectivity index (χ2v) is 17.9. The van der Waals surface area contributed by atoms with E-state index >= 15 is 0 Å². The van der Waals surface area contributed by atoms with Gasteiger partial charge in [-0.2, -0.15) is 0 Å². The van der Waals surface area contributed by atoms with Crippen molar-refractivity contribution in [2.75, 3.05) is 27.8 Å². The number of rotatable bonds is 32. The van der Waals surface area contributed by atoms with E-state index in [0.29, 0.717) is 0 Å². The van der Waals surface area contributed by atoms with E-state index in [2.05, 4.69) is 144 Å². The Bertz CT molecular complexity index is 1700. The van der Waals surface area contributed by atoms with Crippen molar-refractivity contribution in [2.24, 2.45) is 0 Å². The van der Waals surface area contributed by atoms with Crippen molar-refractivity contribution >= 4 is 0 Å². The summed E-state index contributed by atoms with van der Waals surface area (Å²) in [4.78, 5) is 0. The summed E-state index contributed by atoms with van der Waals surface area (Å²) in [6.07, 6.45) is 40.8. The van der Waals surface area contributed by atoms with Crippen molar-refractivity contribution in [2.45, 2.75) is 192 Å². The minimum absolute atomic E-state index is 0.219. The maximum Gasteiger partial charge on any atom is 0.188 e. The van der Waals surface area contributed by atoms with E-state index in [4.69, 9.17) is 18.9 Å². The van der Waals surface area contributed by atoms with Crippen LogP contribution >= 0.6 is 0 Å². The Morgan fingerprint density at radius 2 is 0.689 bits per heavy atom. The molecule has 0 fully saturated rings. The van der Waals surface area contributed by atoms with Gasteiger partial charge in [-0.1, -0.05) is 105 Å². The molecule has 0 aromatic heterocycles. The van der Waals surface area contributed by atoms with Gasteiger partial charge in [0.25, 0.3) is 0 Å². The minimum Gasteiger partial charge on any atom is -0.467 e. The monoisotopic (exact) mass is 840 g/mol. The number of ether oxygens (including phenoxy) is 4. The van der Waals surface area contributed by atoms with Crippen molar-refractivity contribution in [3.63, 3.8) is 0 Å². The van der Waals surface area contributed by atoms with Gasteiger partial charge in [0, 0.05) is 19.8 Å². The molecule has 4 heteroatoms. The van der Waals surface area contributed by atoms with Crippen LogP contribution in [0.2, 0.25) is 0 Å². The van der Waals surface area contributed by atoms with Crippen LogP contribution in [0.15, 0.2) is 111 Å². The summed E-state index contributed by atoms with van der Waals surface area (Å²) < 4.78 is 22.2. The van der Waals surface area contributed by atoms with Crippen molar-refractivity contribution in [1.82, 2.24) is 0 Å². The standard InChI is InChI=1S/C57H90O4/c1-44(2)23-15-24-45(3)25-16-26-46(4)27-17-28-47(5)29-18-30-48(6)31-19-32-49(7)33-20-34-50(8)35-21-36-51(9)37-22-38-52(10)39-40-55-41-56(60-42-58-13)53(11)54(12)57(55)61-43-59-14/h23,25,27,29,31,33,35,37,39,41H,15-22,24,26,28,30,32,34,36,38,40,42-43H2,1-14H3/b45-25+,46-27+,47-29+,48-31+,49-33+,50-35+,51-37+,52-39+/i56+1. The van der Waals surface area contributed by atoms with Crippen LogP contribution in [0.1, 0.15) is 189 Å². The first kappa shape index (κ1) is 55.4. The first-order chi connectivity index (χ1) is 29.2. The number of hydrogen-bond acceptors (Lipinski definition) is 4. The van der Waals surface area contributed by atoms with Crippen molar-refractivity contribution in [3.8, 4) is 11.5 Å². The van der Waals surface area contributed by atoms with E-state index < -0.39 is 0 Å². The SMILES string of the molecule is COCOc1c(C/C=C(\C)CC/C=C(\C)CC/C=C(\C)CC/C=C(\C)CC/C=C(\C)CC/C=C(\C)CC/C=C(\C)CC/C=C(\C)CCC=C(C)C)c[13c](OCOC)c(C)c1C. The predicted octanol–water partition coefficient (Wildman–Crippen LogP) is 17.6. The van der Waals surface area contributed by atoms with Gasteiger partial charge in [-0.3, -0.25) is 0 Å². The lowest BCUT2D eigenvalue weighted by Crippen LogP contribution is -2.07. The van der Waals surface area contributed by atoms with Crippen LogP contribution in [0.3, 0.4) is 0 Å². The minimum atomic E-state index is 0.219. The molecule has 0 atom stereocenters. The lowest BCUT2D eigenvalue weighted by Gasteiger charge is -2.18. The molecule has 0 spiro atoms. The Kier molecular flexibility index (Phi) is 30.8. The highest BCUT2D eigenvalue weighted by molar-refractivity contribution is 5.53. The van der Waals surface area contributed by atoms with Crippen LogP contribution in [0.5, 0.6) is 11.5 Å². The average Bonchev–Trinajstić information content (AvgIpc) is 3.20. The third kappa shape index (κ3) is 27.9. The van der Waals surface area contributed by atoms with Gasteiger partial charge in [-0.25, -0.2) is 0 Å². The first-order valence-electron chi connectivity index (χ1n) is 23.4. The first-order valence-corrected chi connectivity index (χ1v) is 23.4. The smallest absolute Gasteiger partial charge is 0.188 e. The fourth-order valence-electron chi connectivity index (χ4n) is 7.18. The molecule has 0 aliphatic heterocycles. The second-order valence-electron chi connectivity index (χ2n) is 17.9. The Morgan fingerprint density at radius 3 is 1.00 bits per heavy atom. The fourth-order valence-corrected chi connectivity index (χ4v) is 7.18.